The van der Waals surface area contributed by atoms with Gasteiger partial charge in [0.25, 0.3) is 0 Å². The predicted octanol–water partition coefficient (Wildman–Crippen LogP) is -6.25. The number of aromatic amines is 2. The number of rotatable bonds is 4. The molecule has 0 unspecified atom stereocenters. The molecular formula is C28H30Cl2Li2N4+2. The van der Waals surface area contributed by atoms with Gasteiger partial charge in [0.15, 0.2) is 24.8 Å². The van der Waals surface area contributed by atoms with Crippen molar-refractivity contribution in [3.63, 3.8) is 0 Å². The van der Waals surface area contributed by atoms with E-state index in [4.69, 9.17) is 0 Å². The Bertz CT molecular complexity index is 864. The molecule has 0 saturated heterocycles. The van der Waals surface area contributed by atoms with Gasteiger partial charge in [-0.15, -0.1) is 0 Å². The van der Waals surface area contributed by atoms with E-state index < -0.39 is 0 Å². The van der Waals surface area contributed by atoms with Gasteiger partial charge in [-0.2, -0.15) is 0 Å². The van der Waals surface area contributed by atoms with Gasteiger partial charge in [0.2, 0.25) is 0 Å². The summed E-state index contributed by atoms with van der Waals surface area (Å²) in [4.78, 5) is 13.5. The number of nitrogens with one attached hydrogen (secondary N) is 2. The molecule has 0 saturated carbocycles. The van der Waals surface area contributed by atoms with E-state index in [9.17, 15) is 0 Å². The molecule has 0 aliphatic carbocycles. The van der Waals surface area contributed by atoms with Gasteiger partial charge in [-0.25, -0.2) is 9.97 Å². The minimum atomic E-state index is 0. The van der Waals surface area contributed by atoms with Crippen LogP contribution in [-0.2, 0) is 0 Å². The summed E-state index contributed by atoms with van der Waals surface area (Å²) < 4.78 is 0. The minimum absolute atomic E-state index is 0. The predicted molar refractivity (Wildman–Crippen MR) is 135 cm³/mol. The van der Waals surface area contributed by atoms with Gasteiger partial charge in [-0.1, -0.05) is 50.6 Å². The molecule has 4 aromatic heterocycles. The van der Waals surface area contributed by atoms with Crippen LogP contribution in [0, 0.1) is 0 Å². The van der Waals surface area contributed by atoms with Gasteiger partial charge in [0.05, 0.1) is 0 Å². The number of hydrogen-bond donors (Lipinski definition) is 0. The molecule has 0 bridgehead atoms. The molecule has 0 aromatic carbocycles. The molecule has 0 aliphatic rings. The number of nitrogens with zero attached hydrogens (tertiary/aromatic N) is 2. The average Bonchev–Trinajstić information content (AvgIpc) is 2.91. The molecular weight excluding hydrogens is 477 g/mol. The summed E-state index contributed by atoms with van der Waals surface area (Å²) in [6.45, 7) is 14.4. The van der Waals surface area contributed by atoms with Crippen LogP contribution in [0.4, 0.5) is 0 Å². The van der Waals surface area contributed by atoms with Crippen molar-refractivity contribution in [2.45, 2.75) is 0 Å². The van der Waals surface area contributed by atoms with Crippen LogP contribution >= 0.6 is 0 Å². The average molecular weight is 507 g/mol. The second kappa shape index (κ2) is 28.6. The Labute approximate surface area is 252 Å². The Morgan fingerprint density at radius 3 is 0.833 bits per heavy atom. The largest absolute Gasteiger partial charge is 1.00 e. The fraction of sp³-hybridized carbons (Fsp3) is 0. The molecule has 4 aromatic rings. The van der Waals surface area contributed by atoms with E-state index in [1.165, 1.54) is 0 Å². The van der Waals surface area contributed by atoms with Crippen LogP contribution in [0.1, 0.15) is 22.3 Å². The summed E-state index contributed by atoms with van der Waals surface area (Å²) >= 11 is 0. The Morgan fingerprint density at radius 1 is 0.444 bits per heavy atom. The molecule has 4 rings (SSSR count). The molecule has 0 radical (unpaired) electrons. The summed E-state index contributed by atoms with van der Waals surface area (Å²) in [5.41, 5.74) is 4.51. The summed E-state index contributed by atoms with van der Waals surface area (Å²) in [5.74, 6) is 0. The zero-order valence-corrected chi connectivity index (χ0v) is 22.5. The van der Waals surface area contributed by atoms with Crippen molar-refractivity contribution >= 4 is 24.3 Å². The van der Waals surface area contributed by atoms with Gasteiger partial charge in [-0.3, -0.25) is 9.97 Å². The van der Waals surface area contributed by atoms with Crippen molar-refractivity contribution in [2.75, 3.05) is 0 Å². The van der Waals surface area contributed by atoms with Crippen LogP contribution in [0.15, 0.2) is 124 Å². The van der Waals surface area contributed by atoms with Gasteiger partial charge in [-0.05, 0) is 46.5 Å². The SMILES string of the molecule is C=Cc1cc[nH+]cc1.C=Cc1cc[nH+]cc1.C=Cc1ccncc1.C=Cc1ccncc1.[Cl-].[Cl-].[Li+].[Li+]. The Balaban J connectivity index is -0.000000183. The molecule has 36 heavy (non-hydrogen) atoms. The van der Waals surface area contributed by atoms with E-state index in [0.717, 1.165) is 22.3 Å². The summed E-state index contributed by atoms with van der Waals surface area (Å²) in [5, 5.41) is 0. The van der Waals surface area contributed by atoms with Gasteiger partial charge >= 0.3 is 37.7 Å². The van der Waals surface area contributed by atoms with Crippen molar-refractivity contribution in [1.82, 2.24) is 9.97 Å². The first-order chi connectivity index (χ1) is 15.7. The molecule has 4 heterocycles. The van der Waals surface area contributed by atoms with Gasteiger partial charge < -0.3 is 24.8 Å². The third-order valence-electron chi connectivity index (χ3n) is 3.84. The van der Waals surface area contributed by atoms with Crippen molar-refractivity contribution in [2.24, 2.45) is 0 Å². The van der Waals surface area contributed by atoms with Crippen molar-refractivity contribution in [3.05, 3.63) is 147 Å². The van der Waals surface area contributed by atoms with E-state index in [0.29, 0.717) is 0 Å². The monoisotopic (exact) mass is 506 g/mol. The van der Waals surface area contributed by atoms with Crippen LogP contribution in [-0.4, -0.2) is 9.97 Å². The molecule has 0 amide bonds. The number of H-pyrrole nitrogens is 2. The maximum atomic E-state index is 3.85. The first-order valence-corrected chi connectivity index (χ1v) is 9.95. The summed E-state index contributed by atoms with van der Waals surface area (Å²) in [6.07, 6.45) is 21.7. The Morgan fingerprint density at radius 2 is 0.667 bits per heavy atom. The van der Waals surface area contributed by atoms with E-state index in [2.05, 4.69) is 46.3 Å². The second-order valence-corrected chi connectivity index (χ2v) is 6.04. The Kier molecular flexibility index (Phi) is 32.1. The van der Waals surface area contributed by atoms with Crippen molar-refractivity contribution in [3.8, 4) is 0 Å². The molecule has 0 aliphatic heterocycles. The summed E-state index contributed by atoms with van der Waals surface area (Å²) in [6, 6.07) is 15.5. The maximum absolute atomic E-state index is 3.85. The molecule has 2 N–H and O–H groups in total. The molecule has 0 spiro atoms. The van der Waals surface area contributed by atoms with Crippen LogP contribution in [0.25, 0.3) is 24.3 Å². The molecule has 176 valence electrons. The van der Waals surface area contributed by atoms with E-state index in [-0.39, 0.29) is 62.5 Å². The second-order valence-electron chi connectivity index (χ2n) is 6.04. The number of hydrogen-bond acceptors (Lipinski definition) is 2. The zero-order valence-electron chi connectivity index (χ0n) is 21.0. The quantitative estimate of drug-likeness (QED) is 0.259. The smallest absolute Gasteiger partial charge is 1.00 e. The van der Waals surface area contributed by atoms with E-state index in [1.807, 2.05) is 85.5 Å². The molecule has 8 heteroatoms. The van der Waals surface area contributed by atoms with Crippen molar-refractivity contribution < 1.29 is 72.5 Å². The number of aromatic nitrogens is 4. The number of pyridine rings is 4. The first kappa shape index (κ1) is 40.5. The standard InChI is InChI=1S/4C7H7N.2ClH.2Li/c4*1-2-7-3-5-8-6-4-7;;;;/h4*2-6H,1H2;2*1H;;/q;;;;;;2*+1. The maximum Gasteiger partial charge on any atom is 1.00 e. The van der Waals surface area contributed by atoms with Crippen LogP contribution in [0.2, 0.25) is 0 Å². The third-order valence-corrected chi connectivity index (χ3v) is 3.84. The number of halogens is 2. The molecule has 0 fully saturated rings. The van der Waals surface area contributed by atoms with Crippen LogP contribution in [0.3, 0.4) is 0 Å². The van der Waals surface area contributed by atoms with E-state index >= 15 is 0 Å². The minimum Gasteiger partial charge on any atom is -1.00 e. The van der Waals surface area contributed by atoms with Crippen LogP contribution in [0.5, 0.6) is 0 Å². The van der Waals surface area contributed by atoms with Gasteiger partial charge in [0, 0.05) is 49.1 Å². The van der Waals surface area contributed by atoms with Crippen LogP contribution < -0.4 is 72.5 Å². The summed E-state index contributed by atoms with van der Waals surface area (Å²) in [7, 11) is 0. The first-order valence-electron chi connectivity index (χ1n) is 9.95. The normalized spacial score (nSPS) is 7.56. The molecule has 4 nitrogen and oxygen atoms in total. The fourth-order valence-corrected chi connectivity index (χ4v) is 2.07. The van der Waals surface area contributed by atoms with Crippen molar-refractivity contribution in [1.29, 1.82) is 0 Å². The van der Waals surface area contributed by atoms with Gasteiger partial charge in [0.1, 0.15) is 0 Å². The third kappa shape index (κ3) is 20.7. The topological polar surface area (TPSA) is 54.1 Å². The van der Waals surface area contributed by atoms with E-state index in [1.54, 1.807) is 36.9 Å². The zero-order chi connectivity index (χ0) is 23.3. The fourth-order valence-electron chi connectivity index (χ4n) is 2.07. The Hall–Kier alpha value is -2.67. The molecule has 0 atom stereocenters.